The number of hydrogen-bond donors (Lipinski definition) is 0. The molecular weight excluding hydrogens is 314 g/mol. The molecule has 22 heavy (non-hydrogen) atoms. The molecule has 0 saturated heterocycles. The van der Waals surface area contributed by atoms with Gasteiger partial charge < -0.3 is 4.90 Å². The fourth-order valence-electron chi connectivity index (χ4n) is 2.23. The molecule has 2 rings (SSSR count). The molecule has 0 aliphatic rings. The van der Waals surface area contributed by atoms with Crippen molar-refractivity contribution < 1.29 is 4.79 Å². The molecule has 2 aromatic rings. The maximum absolute atomic E-state index is 12.5. The van der Waals surface area contributed by atoms with Crippen LogP contribution in [-0.4, -0.2) is 17.7 Å². The van der Waals surface area contributed by atoms with E-state index in [0.29, 0.717) is 5.75 Å². The summed E-state index contributed by atoms with van der Waals surface area (Å²) in [6, 6.07) is 17.7. The number of carbonyl (C=O) groups excluding carboxylic acids is 1. The molecule has 0 aliphatic heterocycles. The van der Waals surface area contributed by atoms with Crippen molar-refractivity contribution >= 4 is 35.0 Å². The van der Waals surface area contributed by atoms with E-state index in [1.165, 1.54) is 5.56 Å². The Morgan fingerprint density at radius 3 is 2.32 bits per heavy atom. The van der Waals surface area contributed by atoms with E-state index >= 15 is 0 Å². The van der Waals surface area contributed by atoms with Crippen LogP contribution in [0.25, 0.3) is 0 Å². The van der Waals surface area contributed by atoms with E-state index in [9.17, 15) is 4.79 Å². The summed E-state index contributed by atoms with van der Waals surface area (Å²) < 4.78 is 0. The number of halogens is 1. The minimum atomic E-state index is 0.139. The second kappa shape index (κ2) is 8.25. The number of para-hydroxylation sites is 1. The Balaban J connectivity index is 1.93. The zero-order chi connectivity index (χ0) is 15.9. The second-order valence-electron chi connectivity index (χ2n) is 5.31. The summed E-state index contributed by atoms with van der Waals surface area (Å²) in [4.78, 5) is 14.4. The number of benzene rings is 2. The Labute approximate surface area is 141 Å². The number of amides is 1. The lowest BCUT2D eigenvalue weighted by Gasteiger charge is -2.26. The Bertz CT molecular complexity index is 598. The highest BCUT2D eigenvalue weighted by atomic mass is 35.5. The van der Waals surface area contributed by atoms with Gasteiger partial charge in [0.2, 0.25) is 5.91 Å². The van der Waals surface area contributed by atoms with Gasteiger partial charge in [0.05, 0.1) is 5.75 Å². The third-order valence-electron chi connectivity index (χ3n) is 3.23. The van der Waals surface area contributed by atoms with Crippen LogP contribution in [0, 0.1) is 0 Å². The largest absolute Gasteiger partial charge is 0.309 e. The van der Waals surface area contributed by atoms with Gasteiger partial charge in [-0.3, -0.25) is 4.79 Å². The maximum Gasteiger partial charge on any atom is 0.237 e. The highest BCUT2D eigenvalue weighted by molar-refractivity contribution is 7.99. The van der Waals surface area contributed by atoms with Crippen molar-refractivity contribution in [2.24, 2.45) is 0 Å². The first-order chi connectivity index (χ1) is 10.6. The molecule has 0 saturated carbocycles. The molecule has 2 aromatic carbocycles. The Kier molecular flexibility index (Phi) is 6.34. The number of thioether (sulfide) groups is 1. The van der Waals surface area contributed by atoms with E-state index < -0.39 is 0 Å². The van der Waals surface area contributed by atoms with Crippen LogP contribution in [0.2, 0.25) is 5.02 Å². The highest BCUT2D eigenvalue weighted by Crippen LogP contribution is 2.20. The molecule has 116 valence electrons. The minimum Gasteiger partial charge on any atom is -0.309 e. The maximum atomic E-state index is 12.5. The van der Waals surface area contributed by atoms with Crippen LogP contribution in [0.15, 0.2) is 54.6 Å². The molecule has 0 aliphatic carbocycles. The van der Waals surface area contributed by atoms with Crippen molar-refractivity contribution in [3.63, 3.8) is 0 Å². The SMILES string of the molecule is CC(C)N(C(=O)CSCc1ccc(Cl)cc1)c1ccccc1. The summed E-state index contributed by atoms with van der Waals surface area (Å²) in [5.41, 5.74) is 2.13. The fourth-order valence-corrected chi connectivity index (χ4v) is 3.19. The quantitative estimate of drug-likeness (QED) is 0.740. The molecular formula is C18H20ClNOS. The molecule has 0 atom stereocenters. The Hall–Kier alpha value is -1.45. The smallest absolute Gasteiger partial charge is 0.237 e. The zero-order valence-corrected chi connectivity index (χ0v) is 14.4. The van der Waals surface area contributed by atoms with Gasteiger partial charge in [0.25, 0.3) is 0 Å². The third-order valence-corrected chi connectivity index (χ3v) is 4.47. The summed E-state index contributed by atoms with van der Waals surface area (Å²) in [6.45, 7) is 4.07. The van der Waals surface area contributed by atoms with Crippen molar-refractivity contribution in [3.8, 4) is 0 Å². The lowest BCUT2D eigenvalue weighted by molar-refractivity contribution is -0.116. The van der Waals surface area contributed by atoms with Crippen molar-refractivity contribution in [2.75, 3.05) is 10.7 Å². The predicted molar refractivity (Wildman–Crippen MR) is 96.7 cm³/mol. The summed E-state index contributed by atoms with van der Waals surface area (Å²) >= 11 is 7.50. The molecule has 2 nitrogen and oxygen atoms in total. The number of carbonyl (C=O) groups is 1. The second-order valence-corrected chi connectivity index (χ2v) is 6.73. The van der Waals surface area contributed by atoms with Gasteiger partial charge in [0, 0.05) is 22.5 Å². The summed E-state index contributed by atoms with van der Waals surface area (Å²) in [5.74, 6) is 1.42. The number of nitrogens with zero attached hydrogens (tertiary/aromatic N) is 1. The van der Waals surface area contributed by atoms with E-state index in [0.717, 1.165) is 16.5 Å². The van der Waals surface area contributed by atoms with Gasteiger partial charge in [-0.2, -0.15) is 0 Å². The van der Waals surface area contributed by atoms with E-state index in [4.69, 9.17) is 11.6 Å². The first-order valence-corrected chi connectivity index (χ1v) is 8.80. The monoisotopic (exact) mass is 333 g/mol. The summed E-state index contributed by atoms with van der Waals surface area (Å²) in [5, 5.41) is 0.736. The van der Waals surface area contributed by atoms with E-state index in [1.807, 2.05) is 73.3 Å². The average molecular weight is 334 g/mol. The van der Waals surface area contributed by atoms with Crippen LogP contribution in [0.3, 0.4) is 0 Å². The molecule has 0 spiro atoms. The summed E-state index contributed by atoms with van der Waals surface area (Å²) in [7, 11) is 0. The van der Waals surface area contributed by atoms with Gasteiger partial charge in [-0.25, -0.2) is 0 Å². The van der Waals surface area contributed by atoms with E-state index in [2.05, 4.69) is 0 Å². The molecule has 0 fully saturated rings. The van der Waals surface area contributed by atoms with Crippen LogP contribution in [0.4, 0.5) is 5.69 Å². The van der Waals surface area contributed by atoms with Crippen LogP contribution < -0.4 is 4.90 Å². The first-order valence-electron chi connectivity index (χ1n) is 7.27. The van der Waals surface area contributed by atoms with Gasteiger partial charge in [-0.1, -0.05) is 41.9 Å². The molecule has 4 heteroatoms. The van der Waals surface area contributed by atoms with Crippen LogP contribution >= 0.6 is 23.4 Å². The van der Waals surface area contributed by atoms with Crippen LogP contribution in [0.1, 0.15) is 19.4 Å². The van der Waals surface area contributed by atoms with Gasteiger partial charge in [-0.15, -0.1) is 11.8 Å². The van der Waals surface area contributed by atoms with Crippen molar-refractivity contribution in [1.29, 1.82) is 0 Å². The van der Waals surface area contributed by atoms with Crippen molar-refractivity contribution in [2.45, 2.75) is 25.6 Å². The number of anilines is 1. The lowest BCUT2D eigenvalue weighted by atomic mass is 10.2. The average Bonchev–Trinajstić information content (AvgIpc) is 2.50. The van der Waals surface area contributed by atoms with Crippen molar-refractivity contribution in [1.82, 2.24) is 0 Å². The Morgan fingerprint density at radius 1 is 1.09 bits per heavy atom. The van der Waals surface area contributed by atoms with E-state index in [-0.39, 0.29) is 11.9 Å². The standard InChI is InChI=1S/C18H20ClNOS/c1-14(2)20(17-6-4-3-5-7-17)18(21)13-22-12-15-8-10-16(19)11-9-15/h3-11,14H,12-13H2,1-2H3. The lowest BCUT2D eigenvalue weighted by Crippen LogP contribution is -2.38. The van der Waals surface area contributed by atoms with E-state index in [1.54, 1.807) is 11.8 Å². The number of hydrogen-bond acceptors (Lipinski definition) is 2. The molecule has 0 N–H and O–H groups in total. The molecule has 0 heterocycles. The molecule has 1 amide bonds. The van der Waals surface area contributed by atoms with Gasteiger partial charge >= 0.3 is 0 Å². The third kappa shape index (κ3) is 4.79. The topological polar surface area (TPSA) is 20.3 Å². The van der Waals surface area contributed by atoms with Crippen LogP contribution in [0.5, 0.6) is 0 Å². The summed E-state index contributed by atoms with van der Waals surface area (Å²) in [6.07, 6.45) is 0. The fraction of sp³-hybridized carbons (Fsp3) is 0.278. The first kappa shape index (κ1) is 16.9. The highest BCUT2D eigenvalue weighted by Gasteiger charge is 2.18. The minimum absolute atomic E-state index is 0.139. The predicted octanol–water partition coefficient (Wildman–Crippen LogP) is 5.01. The van der Waals surface area contributed by atoms with Crippen molar-refractivity contribution in [3.05, 3.63) is 65.2 Å². The molecule has 0 radical (unpaired) electrons. The Morgan fingerprint density at radius 2 is 1.73 bits per heavy atom. The number of rotatable bonds is 6. The van der Waals surface area contributed by atoms with Crippen LogP contribution in [-0.2, 0) is 10.5 Å². The van der Waals surface area contributed by atoms with Gasteiger partial charge in [-0.05, 0) is 43.7 Å². The zero-order valence-electron chi connectivity index (χ0n) is 12.8. The normalized spacial score (nSPS) is 10.7. The molecule has 0 bridgehead atoms. The van der Waals surface area contributed by atoms with Gasteiger partial charge in [0.15, 0.2) is 0 Å². The molecule has 0 aromatic heterocycles. The molecule has 0 unspecified atom stereocenters. The van der Waals surface area contributed by atoms with Gasteiger partial charge in [0.1, 0.15) is 0 Å².